The Morgan fingerprint density at radius 2 is 1.38 bits per heavy atom. The zero-order valence-corrected chi connectivity index (χ0v) is 27.8. The molecular formula is C45H31N5. The van der Waals surface area contributed by atoms with Crippen molar-refractivity contribution >= 4 is 34.0 Å². The number of benzene rings is 5. The first-order valence-electron chi connectivity index (χ1n) is 16.7. The van der Waals surface area contributed by atoms with Gasteiger partial charge in [0.15, 0.2) is 0 Å². The van der Waals surface area contributed by atoms with Gasteiger partial charge in [-0.1, -0.05) is 66.8 Å². The Balaban J connectivity index is 1.26. The molecule has 0 aliphatic heterocycles. The summed E-state index contributed by atoms with van der Waals surface area (Å²) in [5.74, 6) is 0. The van der Waals surface area contributed by atoms with Crippen LogP contribution < -0.4 is 0 Å². The minimum absolute atomic E-state index is 0.559. The normalized spacial score (nSPS) is 12.2. The Bertz CT molecular complexity index is 2690. The zero-order chi connectivity index (χ0) is 34.4. The van der Waals surface area contributed by atoms with Crippen molar-refractivity contribution in [3.63, 3.8) is 0 Å². The van der Waals surface area contributed by atoms with Gasteiger partial charge in [0.25, 0.3) is 0 Å². The Hall–Kier alpha value is -6.87. The van der Waals surface area contributed by atoms with Crippen LogP contribution in [0.3, 0.4) is 0 Å². The maximum atomic E-state index is 10.1. The van der Waals surface area contributed by atoms with Gasteiger partial charge in [-0.25, -0.2) is 0 Å². The average molecular weight is 642 g/mol. The smallest absolute Gasteiger partial charge is 0.0992 e. The van der Waals surface area contributed by atoms with Gasteiger partial charge in [0.05, 0.1) is 51.6 Å². The molecule has 5 heteroatoms. The predicted molar refractivity (Wildman–Crippen MR) is 202 cm³/mol. The van der Waals surface area contributed by atoms with E-state index in [9.17, 15) is 15.8 Å². The molecule has 8 rings (SSSR count). The highest BCUT2D eigenvalue weighted by atomic mass is 15.0. The third-order valence-corrected chi connectivity index (χ3v) is 9.76. The van der Waals surface area contributed by atoms with E-state index in [1.807, 2.05) is 61.5 Å². The lowest BCUT2D eigenvalue weighted by molar-refractivity contribution is 0.857. The maximum absolute atomic E-state index is 10.1. The van der Waals surface area contributed by atoms with Gasteiger partial charge in [-0.05, 0) is 104 Å². The molecular weight excluding hydrogens is 611 g/mol. The van der Waals surface area contributed by atoms with Crippen LogP contribution in [0, 0.1) is 40.9 Å². The second-order valence-corrected chi connectivity index (χ2v) is 12.6. The fraction of sp³-hybridized carbons (Fsp3) is 0.0889. The zero-order valence-electron chi connectivity index (χ0n) is 27.8. The van der Waals surface area contributed by atoms with Gasteiger partial charge < -0.3 is 9.13 Å². The first kappa shape index (κ1) is 30.5. The third kappa shape index (κ3) is 4.91. The standard InChI is InChI=1S/C45H31N5/c1-3-8-37-29(2)49(42-11-6-4-9-38(37)42)44-19-13-30(26-46)23-40(44)34-17-15-33(16-18-34)35-21-32(28-48)22-36(25-35)50-43-12-7-5-10-39(43)41-24-31(27-47)14-20-45(41)50/h3-5,7-10,12-25H,6,11H2,1-2H3/b8-3-. The predicted octanol–water partition coefficient (Wildman–Crippen LogP) is 10.8. The lowest BCUT2D eigenvalue weighted by atomic mass is 9.96. The van der Waals surface area contributed by atoms with E-state index in [-0.39, 0.29) is 0 Å². The molecule has 7 aromatic rings. The van der Waals surface area contributed by atoms with E-state index in [1.54, 1.807) is 0 Å². The number of fused-ring (bicyclic) bond motifs is 4. The SMILES string of the molecule is C/C=C\c1c2c(n(-c3ccc(C#N)cc3-c3ccc(-c4cc(C#N)cc(-n5c6ccccc6c6cc(C#N)ccc65)c4)cc3)c1C)CCC=C2. The number of rotatable bonds is 5. The maximum Gasteiger partial charge on any atom is 0.0992 e. The van der Waals surface area contributed by atoms with Crippen LogP contribution in [0.15, 0.2) is 115 Å². The molecule has 0 saturated heterocycles. The highest BCUT2D eigenvalue weighted by molar-refractivity contribution is 6.09. The van der Waals surface area contributed by atoms with Gasteiger partial charge in [0.1, 0.15) is 0 Å². The van der Waals surface area contributed by atoms with Crippen LogP contribution in [0.2, 0.25) is 0 Å². The van der Waals surface area contributed by atoms with Crippen LogP contribution >= 0.6 is 0 Å². The highest BCUT2D eigenvalue weighted by Gasteiger charge is 2.22. The van der Waals surface area contributed by atoms with Gasteiger partial charge in [-0.3, -0.25) is 0 Å². The fourth-order valence-electron chi connectivity index (χ4n) is 7.52. The molecule has 236 valence electrons. The van der Waals surface area contributed by atoms with Crippen molar-refractivity contribution in [2.45, 2.75) is 26.7 Å². The molecule has 0 saturated carbocycles. The van der Waals surface area contributed by atoms with Gasteiger partial charge in [-0.15, -0.1) is 0 Å². The monoisotopic (exact) mass is 641 g/mol. The Kier molecular flexibility index (Phi) is 7.49. The summed E-state index contributed by atoms with van der Waals surface area (Å²) < 4.78 is 4.54. The molecule has 1 aliphatic carbocycles. The number of para-hydroxylation sites is 1. The number of nitrogens with zero attached hydrogens (tertiary/aromatic N) is 5. The summed E-state index contributed by atoms with van der Waals surface area (Å²) in [6.07, 6.45) is 10.7. The molecule has 0 bridgehead atoms. The summed E-state index contributed by atoms with van der Waals surface area (Å²) in [6.45, 7) is 4.22. The number of hydrogen-bond donors (Lipinski definition) is 0. The minimum Gasteiger partial charge on any atom is -0.316 e. The van der Waals surface area contributed by atoms with Gasteiger partial charge in [0, 0.05) is 44.5 Å². The van der Waals surface area contributed by atoms with E-state index in [0.29, 0.717) is 16.7 Å². The minimum atomic E-state index is 0.559. The lowest BCUT2D eigenvalue weighted by Gasteiger charge is -2.18. The molecule has 50 heavy (non-hydrogen) atoms. The summed E-state index contributed by atoms with van der Waals surface area (Å²) in [6, 6.07) is 41.2. The summed E-state index contributed by atoms with van der Waals surface area (Å²) in [7, 11) is 0. The average Bonchev–Trinajstić information content (AvgIpc) is 3.65. The topological polar surface area (TPSA) is 81.2 Å². The van der Waals surface area contributed by atoms with Crippen molar-refractivity contribution in [2.24, 2.45) is 0 Å². The second kappa shape index (κ2) is 12.3. The van der Waals surface area contributed by atoms with Crippen LogP contribution in [0.4, 0.5) is 0 Å². The van der Waals surface area contributed by atoms with E-state index >= 15 is 0 Å². The molecule has 0 radical (unpaired) electrons. The van der Waals surface area contributed by atoms with E-state index in [1.165, 1.54) is 22.5 Å². The van der Waals surface area contributed by atoms with Crippen LogP contribution in [-0.4, -0.2) is 9.13 Å². The second-order valence-electron chi connectivity index (χ2n) is 12.6. The molecule has 0 fully saturated rings. The number of hydrogen-bond acceptors (Lipinski definition) is 3. The molecule has 2 aromatic heterocycles. The van der Waals surface area contributed by atoms with Crippen LogP contribution in [0.5, 0.6) is 0 Å². The van der Waals surface area contributed by atoms with Gasteiger partial charge in [-0.2, -0.15) is 15.8 Å². The Morgan fingerprint density at radius 3 is 2.16 bits per heavy atom. The van der Waals surface area contributed by atoms with Crippen molar-refractivity contribution in [3.8, 4) is 51.8 Å². The molecule has 5 nitrogen and oxygen atoms in total. The van der Waals surface area contributed by atoms with Crippen molar-refractivity contribution < 1.29 is 0 Å². The summed E-state index contributed by atoms with van der Waals surface area (Å²) in [5.41, 5.74) is 14.6. The Labute approximate surface area is 291 Å². The van der Waals surface area contributed by atoms with Crippen molar-refractivity contribution in [2.75, 3.05) is 0 Å². The van der Waals surface area contributed by atoms with E-state index in [2.05, 4.69) is 107 Å². The van der Waals surface area contributed by atoms with E-state index < -0.39 is 0 Å². The van der Waals surface area contributed by atoms with Crippen molar-refractivity contribution in [1.82, 2.24) is 9.13 Å². The third-order valence-electron chi connectivity index (χ3n) is 9.76. The Morgan fingerprint density at radius 1 is 0.660 bits per heavy atom. The van der Waals surface area contributed by atoms with Crippen LogP contribution in [0.1, 0.15) is 52.5 Å². The lowest BCUT2D eigenvalue weighted by Crippen LogP contribution is -2.06. The number of aromatic nitrogens is 2. The van der Waals surface area contributed by atoms with Gasteiger partial charge >= 0.3 is 0 Å². The fourth-order valence-corrected chi connectivity index (χ4v) is 7.52. The van der Waals surface area contributed by atoms with Crippen molar-refractivity contribution in [1.29, 1.82) is 15.8 Å². The molecule has 0 unspecified atom stereocenters. The largest absolute Gasteiger partial charge is 0.316 e. The first-order valence-corrected chi connectivity index (χ1v) is 16.7. The summed E-state index contributed by atoms with van der Waals surface area (Å²) in [5, 5.41) is 31.6. The van der Waals surface area contributed by atoms with Gasteiger partial charge in [0.2, 0.25) is 0 Å². The molecule has 0 atom stereocenters. The van der Waals surface area contributed by atoms with E-state index in [4.69, 9.17) is 0 Å². The quantitative estimate of drug-likeness (QED) is 0.187. The molecule has 0 N–H and O–H groups in total. The first-order chi connectivity index (χ1) is 24.5. The van der Waals surface area contributed by atoms with Crippen molar-refractivity contribution in [3.05, 3.63) is 154 Å². The summed E-state index contributed by atoms with van der Waals surface area (Å²) >= 11 is 0. The van der Waals surface area contributed by atoms with E-state index in [0.717, 1.165) is 68.3 Å². The number of nitriles is 3. The van der Waals surface area contributed by atoms with Crippen LogP contribution in [-0.2, 0) is 6.42 Å². The molecule has 2 heterocycles. The summed E-state index contributed by atoms with van der Waals surface area (Å²) in [4.78, 5) is 0. The molecule has 0 spiro atoms. The molecule has 0 amide bonds. The molecule has 5 aromatic carbocycles. The highest BCUT2D eigenvalue weighted by Crippen LogP contribution is 2.38. The number of allylic oxidation sites excluding steroid dienone is 2. The van der Waals surface area contributed by atoms with Crippen LogP contribution in [0.25, 0.3) is 67.6 Å². The molecule has 1 aliphatic rings.